The quantitative estimate of drug-likeness (QED) is 0.820. The summed E-state index contributed by atoms with van der Waals surface area (Å²) < 4.78 is 50.7. The van der Waals surface area contributed by atoms with Crippen molar-refractivity contribution in [3.05, 3.63) is 35.9 Å². The van der Waals surface area contributed by atoms with Crippen LogP contribution in [0.15, 0.2) is 24.3 Å². The van der Waals surface area contributed by atoms with Crippen molar-refractivity contribution in [2.75, 3.05) is 18.6 Å². The predicted molar refractivity (Wildman–Crippen MR) is 83.5 cm³/mol. The molecule has 1 aliphatic heterocycles. The van der Waals surface area contributed by atoms with Gasteiger partial charge in [0, 0.05) is 12.2 Å². The molecule has 0 aliphatic carbocycles. The summed E-state index contributed by atoms with van der Waals surface area (Å²) in [4.78, 5) is 4.26. The maximum atomic E-state index is 12.8. The van der Waals surface area contributed by atoms with Crippen LogP contribution in [-0.4, -0.2) is 39.6 Å². The highest BCUT2D eigenvalue weighted by molar-refractivity contribution is 7.98. The number of para-hydroxylation sites is 2. The molecule has 5 nitrogen and oxygen atoms in total. The van der Waals surface area contributed by atoms with Gasteiger partial charge in [-0.1, -0.05) is 12.1 Å². The smallest absolute Gasteiger partial charge is 0.408 e. The summed E-state index contributed by atoms with van der Waals surface area (Å²) in [7, 11) is 0. The number of aryl methyl sites for hydroxylation is 1. The third-order valence-corrected chi connectivity index (χ3v) is 4.01. The van der Waals surface area contributed by atoms with E-state index in [0.29, 0.717) is 23.7 Å². The molecule has 1 atom stereocenters. The molecule has 0 spiro atoms. The molecule has 3 rings (SSSR count). The molecular weight excluding hydrogens is 343 g/mol. The molecule has 1 aromatic carbocycles. The maximum Gasteiger partial charge on any atom is 0.408 e. The van der Waals surface area contributed by atoms with Gasteiger partial charge in [-0.15, -0.1) is 0 Å². The zero-order valence-corrected chi connectivity index (χ0v) is 13.7. The zero-order valence-electron chi connectivity index (χ0n) is 12.9. The number of hydrogen-bond acceptors (Lipinski definition) is 5. The number of benzene rings is 1. The lowest BCUT2D eigenvalue weighted by molar-refractivity contribution is -0.143. The largest absolute Gasteiger partial charge is 0.485 e. The van der Waals surface area contributed by atoms with E-state index in [1.165, 1.54) is 0 Å². The van der Waals surface area contributed by atoms with Gasteiger partial charge in [-0.05, 0) is 18.4 Å². The molecule has 0 unspecified atom stereocenters. The minimum absolute atomic E-state index is 0.0928. The molecule has 0 amide bonds. The number of alkyl halides is 3. The van der Waals surface area contributed by atoms with Gasteiger partial charge in [0.1, 0.15) is 13.2 Å². The number of halogens is 3. The Kier molecular flexibility index (Phi) is 4.88. The fraction of sp³-hybridized carbons (Fsp3) is 0.467. The van der Waals surface area contributed by atoms with Crippen LogP contribution in [0.1, 0.15) is 17.8 Å². The second kappa shape index (κ2) is 6.92. The first-order chi connectivity index (χ1) is 11.5. The molecule has 1 aromatic heterocycles. The summed E-state index contributed by atoms with van der Waals surface area (Å²) in [6.07, 6.45) is -2.68. The van der Waals surface area contributed by atoms with Crippen molar-refractivity contribution in [3.8, 4) is 11.5 Å². The Morgan fingerprint density at radius 1 is 1.29 bits per heavy atom. The number of rotatable bonds is 5. The molecule has 1 aliphatic rings. The fourth-order valence-corrected chi connectivity index (χ4v) is 2.76. The third-order valence-electron chi connectivity index (χ3n) is 3.40. The molecular formula is C15H16F3N3O2S. The van der Waals surface area contributed by atoms with Crippen LogP contribution < -0.4 is 9.47 Å². The highest BCUT2D eigenvalue weighted by Gasteiger charge is 2.34. The first-order valence-corrected chi connectivity index (χ1v) is 8.73. The normalized spacial score (nSPS) is 17.1. The molecule has 0 saturated carbocycles. The number of nitrogens with zero attached hydrogens (tertiary/aromatic N) is 3. The van der Waals surface area contributed by atoms with E-state index in [1.807, 2.05) is 6.26 Å². The molecule has 0 saturated heterocycles. The third kappa shape index (κ3) is 3.95. The lowest BCUT2D eigenvalue weighted by Gasteiger charge is -2.26. The topological polar surface area (TPSA) is 49.2 Å². The molecule has 130 valence electrons. The van der Waals surface area contributed by atoms with Gasteiger partial charge in [0.2, 0.25) is 0 Å². The van der Waals surface area contributed by atoms with Crippen molar-refractivity contribution in [2.45, 2.75) is 25.2 Å². The molecule has 0 N–H and O–H groups in total. The van der Waals surface area contributed by atoms with Crippen molar-refractivity contribution in [1.82, 2.24) is 14.8 Å². The highest BCUT2D eigenvalue weighted by Crippen LogP contribution is 2.35. The minimum Gasteiger partial charge on any atom is -0.485 e. The lowest BCUT2D eigenvalue weighted by atomic mass is 10.2. The van der Waals surface area contributed by atoms with Crippen LogP contribution in [0.2, 0.25) is 0 Å². The molecule has 2 aromatic rings. The Hall–Kier alpha value is -1.90. The Morgan fingerprint density at radius 2 is 2.04 bits per heavy atom. The number of aromatic nitrogens is 3. The SMILES string of the molecule is CSCCc1nc([C@@H]2COc3ccccc3O2)n(CC(F)(F)F)n1. The van der Waals surface area contributed by atoms with Crippen LogP contribution in [0.25, 0.3) is 0 Å². The Balaban J connectivity index is 1.87. The fourth-order valence-electron chi connectivity index (χ4n) is 2.37. The zero-order chi connectivity index (χ0) is 17.2. The Morgan fingerprint density at radius 3 is 2.75 bits per heavy atom. The van der Waals surface area contributed by atoms with Gasteiger partial charge in [0.25, 0.3) is 0 Å². The Bertz CT molecular complexity index is 706. The summed E-state index contributed by atoms with van der Waals surface area (Å²) >= 11 is 1.58. The second-order valence-electron chi connectivity index (χ2n) is 5.27. The molecule has 0 bridgehead atoms. The summed E-state index contributed by atoms with van der Waals surface area (Å²) in [5.41, 5.74) is 0. The predicted octanol–water partition coefficient (Wildman–Crippen LogP) is 3.26. The van der Waals surface area contributed by atoms with Gasteiger partial charge in [-0.25, -0.2) is 9.67 Å². The molecule has 24 heavy (non-hydrogen) atoms. The van der Waals surface area contributed by atoms with Crippen LogP contribution in [0, 0.1) is 0 Å². The second-order valence-corrected chi connectivity index (χ2v) is 6.25. The van der Waals surface area contributed by atoms with Gasteiger partial charge in [0.15, 0.2) is 29.3 Å². The monoisotopic (exact) mass is 359 g/mol. The van der Waals surface area contributed by atoms with E-state index in [-0.39, 0.29) is 12.4 Å². The van der Waals surface area contributed by atoms with Crippen LogP contribution in [0.5, 0.6) is 11.5 Å². The van der Waals surface area contributed by atoms with Crippen LogP contribution in [0.4, 0.5) is 13.2 Å². The van der Waals surface area contributed by atoms with E-state index >= 15 is 0 Å². The minimum atomic E-state index is -4.38. The van der Waals surface area contributed by atoms with E-state index in [1.54, 1.807) is 36.0 Å². The average Bonchev–Trinajstić information content (AvgIpc) is 2.93. The summed E-state index contributed by atoms with van der Waals surface area (Å²) in [5, 5.41) is 4.00. The first kappa shape index (κ1) is 16.9. The molecule has 0 fully saturated rings. The van der Waals surface area contributed by atoms with Crippen molar-refractivity contribution < 1.29 is 22.6 Å². The van der Waals surface area contributed by atoms with Crippen molar-refractivity contribution in [3.63, 3.8) is 0 Å². The van der Waals surface area contributed by atoms with Crippen molar-refractivity contribution in [2.24, 2.45) is 0 Å². The first-order valence-electron chi connectivity index (χ1n) is 7.34. The van der Waals surface area contributed by atoms with E-state index in [0.717, 1.165) is 10.4 Å². The van der Waals surface area contributed by atoms with Crippen LogP contribution in [-0.2, 0) is 13.0 Å². The number of fused-ring (bicyclic) bond motifs is 1. The molecule has 0 radical (unpaired) electrons. The maximum absolute atomic E-state index is 12.8. The van der Waals surface area contributed by atoms with Gasteiger partial charge in [0.05, 0.1) is 0 Å². The van der Waals surface area contributed by atoms with Gasteiger partial charge in [-0.2, -0.15) is 30.0 Å². The van der Waals surface area contributed by atoms with Crippen LogP contribution >= 0.6 is 11.8 Å². The van der Waals surface area contributed by atoms with Crippen molar-refractivity contribution >= 4 is 11.8 Å². The summed E-state index contributed by atoms with van der Waals surface area (Å²) in [5.74, 6) is 2.31. The highest BCUT2D eigenvalue weighted by atomic mass is 32.2. The summed E-state index contributed by atoms with van der Waals surface area (Å²) in [6.45, 7) is -1.11. The Labute approximate surface area is 141 Å². The van der Waals surface area contributed by atoms with Gasteiger partial charge >= 0.3 is 6.18 Å². The molecule has 2 heterocycles. The lowest BCUT2D eigenvalue weighted by Crippen LogP contribution is -2.28. The van der Waals surface area contributed by atoms with E-state index in [2.05, 4.69) is 10.1 Å². The summed E-state index contributed by atoms with van der Waals surface area (Å²) in [6, 6.07) is 7.03. The number of hydrogen-bond donors (Lipinski definition) is 0. The van der Waals surface area contributed by atoms with Gasteiger partial charge in [-0.3, -0.25) is 0 Å². The average molecular weight is 359 g/mol. The number of thioether (sulfide) groups is 1. The van der Waals surface area contributed by atoms with Crippen molar-refractivity contribution in [1.29, 1.82) is 0 Å². The van der Waals surface area contributed by atoms with Gasteiger partial charge < -0.3 is 9.47 Å². The molecule has 9 heteroatoms. The van der Waals surface area contributed by atoms with E-state index in [4.69, 9.17) is 9.47 Å². The number of ether oxygens (including phenoxy) is 2. The van der Waals surface area contributed by atoms with E-state index < -0.39 is 18.8 Å². The van der Waals surface area contributed by atoms with E-state index in [9.17, 15) is 13.2 Å². The standard InChI is InChI=1S/C15H16F3N3O2S/c1-24-7-6-13-19-14(21(20-13)9-15(16,17)18)12-8-22-10-4-2-3-5-11(10)23-12/h2-5,12H,6-9H2,1H3/t12-/m0/s1. The van der Waals surface area contributed by atoms with Crippen LogP contribution in [0.3, 0.4) is 0 Å².